The maximum Gasteiger partial charge on any atom is 0.254 e. The molecule has 28 heavy (non-hydrogen) atoms. The molecule has 2 aliphatic rings. The Hall–Kier alpha value is -2.45. The molecule has 2 aliphatic heterocycles. The number of nitrogens with zero attached hydrogens (tertiary/aromatic N) is 2. The second-order valence-electron chi connectivity index (χ2n) is 7.38. The zero-order valence-electron chi connectivity index (χ0n) is 16.4. The lowest BCUT2D eigenvalue weighted by Crippen LogP contribution is -2.58. The highest BCUT2D eigenvalue weighted by atomic mass is 16.5. The highest BCUT2D eigenvalue weighted by Crippen LogP contribution is 2.17. The monoisotopic (exact) mass is 388 g/mol. The number of carbonyl (C=O) groups excluding carboxylic acids is 3. The Bertz CT molecular complexity index is 731. The molecule has 3 rings (SSSR count). The van der Waals surface area contributed by atoms with Crippen molar-refractivity contribution >= 4 is 23.4 Å². The van der Waals surface area contributed by atoms with Crippen molar-refractivity contribution in [2.45, 2.75) is 32.4 Å². The van der Waals surface area contributed by atoms with Gasteiger partial charge < -0.3 is 20.3 Å². The quantitative estimate of drug-likeness (QED) is 0.775. The average Bonchev–Trinajstić information content (AvgIpc) is 2.69. The van der Waals surface area contributed by atoms with Gasteiger partial charge in [-0.2, -0.15) is 0 Å². The van der Waals surface area contributed by atoms with Crippen molar-refractivity contribution in [3.8, 4) is 0 Å². The summed E-state index contributed by atoms with van der Waals surface area (Å²) in [4.78, 5) is 41.2. The first-order chi connectivity index (χ1) is 13.5. The van der Waals surface area contributed by atoms with Gasteiger partial charge in [0.25, 0.3) is 5.91 Å². The van der Waals surface area contributed by atoms with Crippen LogP contribution in [-0.2, 0) is 14.3 Å². The molecule has 8 nitrogen and oxygen atoms in total. The van der Waals surface area contributed by atoms with Crippen LogP contribution in [0.25, 0.3) is 0 Å². The van der Waals surface area contributed by atoms with E-state index in [0.717, 1.165) is 6.54 Å². The Morgan fingerprint density at radius 1 is 1.25 bits per heavy atom. The molecule has 0 unspecified atom stereocenters. The molecule has 0 saturated carbocycles. The molecule has 1 aromatic rings. The Morgan fingerprint density at radius 3 is 2.71 bits per heavy atom. The zero-order valence-corrected chi connectivity index (χ0v) is 16.4. The van der Waals surface area contributed by atoms with Crippen LogP contribution in [0.15, 0.2) is 24.3 Å². The van der Waals surface area contributed by atoms with Gasteiger partial charge >= 0.3 is 0 Å². The minimum absolute atomic E-state index is 0.0722. The van der Waals surface area contributed by atoms with Gasteiger partial charge in [-0.3, -0.25) is 19.3 Å². The van der Waals surface area contributed by atoms with Gasteiger partial charge in [0, 0.05) is 43.5 Å². The topological polar surface area (TPSA) is 91.0 Å². The first kappa shape index (κ1) is 20.3. The third-order valence-electron chi connectivity index (χ3n) is 5.11. The summed E-state index contributed by atoms with van der Waals surface area (Å²) >= 11 is 0. The number of anilines is 1. The maximum absolute atomic E-state index is 12.6. The molecule has 0 aromatic heterocycles. The SMILES string of the molecule is CC(C)N1CCNC(=O)[C@H]1CC(=O)Nc1cccc(C(=O)N2CCOCC2)c1. The molecule has 2 fully saturated rings. The first-order valence-electron chi connectivity index (χ1n) is 9.76. The van der Waals surface area contributed by atoms with Gasteiger partial charge in [0.05, 0.1) is 25.7 Å². The molecule has 3 amide bonds. The Labute approximate surface area is 165 Å². The summed E-state index contributed by atoms with van der Waals surface area (Å²) in [6.45, 7) is 7.57. The summed E-state index contributed by atoms with van der Waals surface area (Å²) in [5.41, 5.74) is 1.08. The predicted molar refractivity (Wildman–Crippen MR) is 105 cm³/mol. The van der Waals surface area contributed by atoms with Crippen LogP contribution in [0, 0.1) is 0 Å². The average molecular weight is 388 g/mol. The molecule has 8 heteroatoms. The predicted octanol–water partition coefficient (Wildman–Crippen LogP) is 0.696. The van der Waals surface area contributed by atoms with E-state index < -0.39 is 6.04 Å². The van der Waals surface area contributed by atoms with Crippen LogP contribution in [0.5, 0.6) is 0 Å². The Balaban J connectivity index is 1.63. The normalized spacial score (nSPS) is 20.8. The lowest BCUT2D eigenvalue weighted by molar-refractivity contribution is -0.133. The number of benzene rings is 1. The van der Waals surface area contributed by atoms with Gasteiger partial charge in [-0.05, 0) is 32.0 Å². The van der Waals surface area contributed by atoms with E-state index in [1.807, 2.05) is 18.7 Å². The van der Waals surface area contributed by atoms with Crippen LogP contribution in [0.3, 0.4) is 0 Å². The molecular formula is C20H28N4O4. The molecule has 2 saturated heterocycles. The van der Waals surface area contributed by atoms with Crippen molar-refractivity contribution in [1.82, 2.24) is 15.1 Å². The van der Waals surface area contributed by atoms with Gasteiger partial charge in [0.2, 0.25) is 11.8 Å². The van der Waals surface area contributed by atoms with Gasteiger partial charge in [-0.25, -0.2) is 0 Å². The molecule has 0 bridgehead atoms. The van der Waals surface area contributed by atoms with E-state index in [1.165, 1.54) is 0 Å². The minimum Gasteiger partial charge on any atom is -0.378 e. The summed E-state index contributed by atoms with van der Waals surface area (Å²) in [6.07, 6.45) is 0.0751. The third kappa shape index (κ3) is 4.88. The molecule has 0 aliphatic carbocycles. The van der Waals surface area contributed by atoms with Crippen molar-refractivity contribution in [3.63, 3.8) is 0 Å². The number of piperazine rings is 1. The number of rotatable bonds is 5. The van der Waals surface area contributed by atoms with Gasteiger partial charge in [0.1, 0.15) is 0 Å². The number of hydrogen-bond donors (Lipinski definition) is 2. The number of hydrogen-bond acceptors (Lipinski definition) is 5. The molecule has 0 radical (unpaired) electrons. The van der Waals surface area contributed by atoms with Crippen molar-refractivity contribution in [2.75, 3.05) is 44.7 Å². The van der Waals surface area contributed by atoms with E-state index in [1.54, 1.807) is 29.2 Å². The largest absolute Gasteiger partial charge is 0.378 e. The zero-order chi connectivity index (χ0) is 20.1. The molecule has 152 valence electrons. The minimum atomic E-state index is -0.480. The van der Waals surface area contributed by atoms with Crippen LogP contribution < -0.4 is 10.6 Å². The third-order valence-corrected chi connectivity index (χ3v) is 5.11. The molecule has 2 N–H and O–H groups in total. The van der Waals surface area contributed by atoms with Gasteiger partial charge in [0.15, 0.2) is 0 Å². The van der Waals surface area contributed by atoms with Crippen molar-refractivity contribution in [3.05, 3.63) is 29.8 Å². The molecule has 0 spiro atoms. The van der Waals surface area contributed by atoms with Crippen LogP contribution in [0.1, 0.15) is 30.6 Å². The summed E-state index contributed by atoms with van der Waals surface area (Å²) in [5.74, 6) is -0.438. The highest BCUT2D eigenvalue weighted by molar-refractivity contribution is 5.98. The van der Waals surface area contributed by atoms with E-state index in [9.17, 15) is 14.4 Å². The summed E-state index contributed by atoms with van der Waals surface area (Å²) < 4.78 is 5.28. The van der Waals surface area contributed by atoms with E-state index in [4.69, 9.17) is 4.74 Å². The Morgan fingerprint density at radius 2 is 2.00 bits per heavy atom. The van der Waals surface area contributed by atoms with Gasteiger partial charge in [-0.15, -0.1) is 0 Å². The lowest BCUT2D eigenvalue weighted by atomic mass is 10.1. The molecule has 1 aromatic carbocycles. The van der Waals surface area contributed by atoms with Crippen LogP contribution in [0.4, 0.5) is 5.69 Å². The van der Waals surface area contributed by atoms with Crippen LogP contribution in [0.2, 0.25) is 0 Å². The van der Waals surface area contributed by atoms with Crippen molar-refractivity contribution < 1.29 is 19.1 Å². The molecule has 1 atom stereocenters. The summed E-state index contributed by atoms with van der Waals surface area (Å²) in [7, 11) is 0. The van der Waals surface area contributed by atoms with E-state index in [0.29, 0.717) is 44.1 Å². The number of amides is 3. The van der Waals surface area contributed by atoms with Crippen LogP contribution in [-0.4, -0.2) is 79.0 Å². The standard InChI is InChI=1S/C20H28N4O4/c1-14(2)24-7-6-21-19(26)17(24)13-18(25)22-16-5-3-4-15(12-16)20(27)23-8-10-28-11-9-23/h3-5,12,14,17H,6-11,13H2,1-2H3,(H,21,26)(H,22,25)/t17-/m1/s1. The fraction of sp³-hybridized carbons (Fsp3) is 0.550. The second kappa shape index (κ2) is 9.16. The summed E-state index contributed by atoms with van der Waals surface area (Å²) in [6, 6.07) is 6.61. The fourth-order valence-corrected chi connectivity index (χ4v) is 3.63. The number of morpholine rings is 1. The van der Waals surface area contributed by atoms with E-state index in [-0.39, 0.29) is 30.2 Å². The number of nitrogens with one attached hydrogen (secondary N) is 2. The van der Waals surface area contributed by atoms with Crippen LogP contribution >= 0.6 is 0 Å². The molecular weight excluding hydrogens is 360 g/mol. The number of ether oxygens (including phenoxy) is 1. The highest BCUT2D eigenvalue weighted by Gasteiger charge is 2.33. The van der Waals surface area contributed by atoms with Crippen molar-refractivity contribution in [2.24, 2.45) is 0 Å². The fourth-order valence-electron chi connectivity index (χ4n) is 3.63. The first-order valence-corrected chi connectivity index (χ1v) is 9.76. The smallest absolute Gasteiger partial charge is 0.254 e. The van der Waals surface area contributed by atoms with E-state index >= 15 is 0 Å². The number of carbonyl (C=O) groups is 3. The molecule has 2 heterocycles. The maximum atomic E-state index is 12.6. The van der Waals surface area contributed by atoms with Gasteiger partial charge in [-0.1, -0.05) is 6.07 Å². The Kier molecular flexibility index (Phi) is 6.64. The van der Waals surface area contributed by atoms with Crippen molar-refractivity contribution in [1.29, 1.82) is 0 Å². The van der Waals surface area contributed by atoms with E-state index in [2.05, 4.69) is 10.6 Å². The summed E-state index contributed by atoms with van der Waals surface area (Å²) in [5, 5.41) is 5.65. The second-order valence-corrected chi connectivity index (χ2v) is 7.38. The lowest BCUT2D eigenvalue weighted by Gasteiger charge is -2.37.